The summed E-state index contributed by atoms with van der Waals surface area (Å²) >= 11 is 4.81. The molecule has 0 heterocycles. The standard InChI is InChI=1S/C6H10OS/c1-3-6(8)4-5(2)7/h3-4H2,1-2H3. The van der Waals surface area contributed by atoms with Gasteiger partial charge in [0.1, 0.15) is 5.78 Å². The van der Waals surface area contributed by atoms with Gasteiger partial charge in [0, 0.05) is 6.42 Å². The molecule has 0 rings (SSSR count). The number of carbonyl (C=O) groups excluding carboxylic acids is 1. The number of carbonyl (C=O) groups is 1. The summed E-state index contributed by atoms with van der Waals surface area (Å²) < 4.78 is 0. The second kappa shape index (κ2) is 3.72. The van der Waals surface area contributed by atoms with Crippen LogP contribution in [-0.2, 0) is 4.79 Å². The predicted molar refractivity (Wildman–Crippen MR) is 38.2 cm³/mol. The monoisotopic (exact) mass is 130 g/mol. The summed E-state index contributed by atoms with van der Waals surface area (Å²) in [6.07, 6.45) is 1.32. The molecule has 0 aromatic rings. The van der Waals surface area contributed by atoms with Gasteiger partial charge < -0.3 is 0 Å². The van der Waals surface area contributed by atoms with Gasteiger partial charge in [-0.15, -0.1) is 0 Å². The van der Waals surface area contributed by atoms with Crippen LogP contribution in [0.4, 0.5) is 0 Å². The van der Waals surface area contributed by atoms with Crippen molar-refractivity contribution in [2.75, 3.05) is 0 Å². The van der Waals surface area contributed by atoms with E-state index in [0.717, 1.165) is 11.3 Å². The van der Waals surface area contributed by atoms with E-state index in [1.54, 1.807) is 6.92 Å². The first-order valence-corrected chi connectivity index (χ1v) is 3.08. The number of ketones is 1. The van der Waals surface area contributed by atoms with Crippen molar-refractivity contribution in [1.82, 2.24) is 0 Å². The maximum atomic E-state index is 10.3. The highest BCUT2D eigenvalue weighted by Gasteiger charge is 1.95. The van der Waals surface area contributed by atoms with Crippen LogP contribution in [-0.4, -0.2) is 10.6 Å². The summed E-state index contributed by atoms with van der Waals surface area (Å²) in [6.45, 7) is 3.52. The molecule has 0 aliphatic rings. The first kappa shape index (κ1) is 7.76. The van der Waals surface area contributed by atoms with Crippen LogP contribution in [0.3, 0.4) is 0 Å². The quantitative estimate of drug-likeness (QED) is 0.541. The van der Waals surface area contributed by atoms with Gasteiger partial charge in [-0.1, -0.05) is 19.1 Å². The van der Waals surface area contributed by atoms with E-state index in [1.165, 1.54) is 0 Å². The van der Waals surface area contributed by atoms with E-state index >= 15 is 0 Å². The lowest BCUT2D eigenvalue weighted by molar-refractivity contribution is -0.115. The largest absolute Gasteiger partial charge is 0.300 e. The van der Waals surface area contributed by atoms with Crippen molar-refractivity contribution in [1.29, 1.82) is 0 Å². The molecule has 0 radical (unpaired) electrons. The molecule has 0 amide bonds. The van der Waals surface area contributed by atoms with Gasteiger partial charge in [-0.25, -0.2) is 0 Å². The summed E-state index contributed by atoms with van der Waals surface area (Å²) in [6, 6.07) is 0. The Morgan fingerprint density at radius 3 is 2.25 bits per heavy atom. The van der Waals surface area contributed by atoms with Crippen molar-refractivity contribution < 1.29 is 4.79 Å². The van der Waals surface area contributed by atoms with E-state index in [2.05, 4.69) is 0 Å². The van der Waals surface area contributed by atoms with Crippen molar-refractivity contribution in [3.05, 3.63) is 0 Å². The molecular formula is C6H10OS. The molecule has 2 heteroatoms. The fourth-order valence-electron chi connectivity index (χ4n) is 0.403. The van der Waals surface area contributed by atoms with Crippen LogP contribution in [0.5, 0.6) is 0 Å². The zero-order valence-electron chi connectivity index (χ0n) is 5.23. The third-order valence-electron chi connectivity index (χ3n) is 0.840. The van der Waals surface area contributed by atoms with Gasteiger partial charge in [0.05, 0.1) is 0 Å². The first-order valence-electron chi connectivity index (χ1n) is 2.68. The molecule has 1 nitrogen and oxygen atoms in total. The van der Waals surface area contributed by atoms with Gasteiger partial charge in [-0.2, -0.15) is 0 Å². The number of Topliss-reactive ketones (excluding diaryl/α,β-unsaturated/α-hetero) is 1. The van der Waals surface area contributed by atoms with E-state index in [4.69, 9.17) is 12.2 Å². The molecule has 46 valence electrons. The second-order valence-electron chi connectivity index (χ2n) is 1.77. The second-order valence-corrected chi connectivity index (χ2v) is 2.35. The number of rotatable bonds is 3. The lowest BCUT2D eigenvalue weighted by Gasteiger charge is -1.91. The Kier molecular flexibility index (Phi) is 3.61. The predicted octanol–water partition coefficient (Wildman–Crippen LogP) is 1.75. The normalized spacial score (nSPS) is 8.75. The summed E-state index contributed by atoms with van der Waals surface area (Å²) in [4.78, 5) is 11.2. The van der Waals surface area contributed by atoms with Gasteiger partial charge >= 0.3 is 0 Å². The lowest BCUT2D eigenvalue weighted by Crippen LogP contribution is -1.98. The number of hydrogen-bond acceptors (Lipinski definition) is 2. The van der Waals surface area contributed by atoms with Crippen LogP contribution < -0.4 is 0 Å². The number of thiocarbonyl (C=S) groups is 1. The van der Waals surface area contributed by atoms with Crippen LogP contribution >= 0.6 is 12.2 Å². The highest BCUT2D eigenvalue weighted by atomic mass is 32.1. The van der Waals surface area contributed by atoms with Crippen molar-refractivity contribution in [3.63, 3.8) is 0 Å². The van der Waals surface area contributed by atoms with E-state index < -0.39 is 0 Å². The van der Waals surface area contributed by atoms with Crippen LogP contribution in [0, 0.1) is 0 Å². The Morgan fingerprint density at radius 1 is 1.62 bits per heavy atom. The van der Waals surface area contributed by atoms with Gasteiger partial charge in [0.15, 0.2) is 0 Å². The molecule has 0 aromatic carbocycles. The minimum atomic E-state index is 0.164. The molecule has 0 atom stereocenters. The van der Waals surface area contributed by atoms with Crippen molar-refractivity contribution in [3.8, 4) is 0 Å². The third kappa shape index (κ3) is 3.93. The van der Waals surface area contributed by atoms with Crippen molar-refractivity contribution in [2.45, 2.75) is 26.7 Å². The summed E-state index contributed by atoms with van der Waals surface area (Å²) in [7, 11) is 0. The molecule has 8 heavy (non-hydrogen) atoms. The minimum Gasteiger partial charge on any atom is -0.300 e. The molecule has 0 aliphatic carbocycles. The molecule has 0 saturated heterocycles. The van der Waals surface area contributed by atoms with E-state index in [0.29, 0.717) is 6.42 Å². The third-order valence-corrected chi connectivity index (χ3v) is 1.27. The van der Waals surface area contributed by atoms with Crippen molar-refractivity contribution in [2.24, 2.45) is 0 Å². The molecule has 0 aromatic heterocycles. The Labute approximate surface area is 55.1 Å². The molecule has 0 N–H and O–H groups in total. The van der Waals surface area contributed by atoms with Crippen LogP contribution in [0.15, 0.2) is 0 Å². The van der Waals surface area contributed by atoms with E-state index in [-0.39, 0.29) is 5.78 Å². The highest BCUT2D eigenvalue weighted by Crippen LogP contribution is 1.91. The zero-order valence-corrected chi connectivity index (χ0v) is 6.05. The Hall–Kier alpha value is -0.240. The molecule has 0 bridgehead atoms. The van der Waals surface area contributed by atoms with Gasteiger partial charge in [0.2, 0.25) is 0 Å². The Morgan fingerprint density at radius 2 is 2.12 bits per heavy atom. The Bertz CT molecular complexity index is 107. The zero-order chi connectivity index (χ0) is 6.57. The average Bonchev–Trinajstić information content (AvgIpc) is 1.65. The van der Waals surface area contributed by atoms with Gasteiger partial charge in [0.25, 0.3) is 0 Å². The molecule has 0 saturated carbocycles. The van der Waals surface area contributed by atoms with Crippen molar-refractivity contribution >= 4 is 22.9 Å². The van der Waals surface area contributed by atoms with Crippen LogP contribution in [0.1, 0.15) is 26.7 Å². The molecular weight excluding hydrogens is 120 g/mol. The topological polar surface area (TPSA) is 17.1 Å². The van der Waals surface area contributed by atoms with Gasteiger partial charge in [-0.3, -0.25) is 4.79 Å². The average molecular weight is 130 g/mol. The summed E-state index contributed by atoms with van der Waals surface area (Å²) in [5.74, 6) is 0.164. The molecule has 0 aliphatic heterocycles. The van der Waals surface area contributed by atoms with Gasteiger partial charge in [-0.05, 0) is 18.2 Å². The maximum Gasteiger partial charge on any atom is 0.134 e. The summed E-state index contributed by atoms with van der Waals surface area (Å²) in [5, 5.41) is 0. The molecule has 0 fully saturated rings. The molecule has 0 spiro atoms. The minimum absolute atomic E-state index is 0.164. The fourth-order valence-corrected chi connectivity index (χ4v) is 0.606. The number of hydrogen-bond donors (Lipinski definition) is 0. The van der Waals surface area contributed by atoms with Crippen LogP contribution in [0.25, 0.3) is 0 Å². The fraction of sp³-hybridized carbons (Fsp3) is 0.667. The first-order chi connectivity index (χ1) is 3.66. The maximum absolute atomic E-state index is 10.3. The Balaban J connectivity index is 3.40. The summed E-state index contributed by atoms with van der Waals surface area (Å²) in [5.41, 5.74) is 0. The van der Waals surface area contributed by atoms with E-state index in [9.17, 15) is 4.79 Å². The smallest absolute Gasteiger partial charge is 0.134 e. The van der Waals surface area contributed by atoms with E-state index in [1.807, 2.05) is 6.92 Å². The lowest BCUT2D eigenvalue weighted by atomic mass is 10.2. The SMILES string of the molecule is CCC(=S)CC(C)=O. The van der Waals surface area contributed by atoms with Crippen LogP contribution in [0.2, 0.25) is 0 Å². The molecule has 0 unspecified atom stereocenters. The highest BCUT2D eigenvalue weighted by molar-refractivity contribution is 7.80.